The second-order valence-electron chi connectivity index (χ2n) is 3.22. The van der Waals surface area contributed by atoms with E-state index in [1.165, 1.54) is 0 Å². The smallest absolute Gasteiger partial charge is 0.311 e. The molecule has 1 unspecified atom stereocenters. The number of aliphatic hydroxyl groups is 1. The number of carboxylic acid groups (broad SMARTS) is 1. The fraction of sp³-hybridized carbons (Fsp3) is 0.364. The van der Waals surface area contributed by atoms with Gasteiger partial charge in [-0.25, -0.2) is 0 Å². The van der Waals surface area contributed by atoms with Crippen molar-refractivity contribution in [2.75, 3.05) is 13.2 Å². The number of hydrogen-bond acceptors (Lipinski definition) is 3. The van der Waals surface area contributed by atoms with Crippen LogP contribution in [0.5, 0.6) is 0 Å². The molecule has 0 fully saturated rings. The number of aliphatic carboxylic acids is 1. The molecule has 0 heterocycles. The Labute approximate surface area is 88.1 Å². The molecule has 0 aliphatic carbocycles. The second kappa shape index (κ2) is 6.16. The summed E-state index contributed by atoms with van der Waals surface area (Å²) in [5.41, 5.74) is 0.986. The number of hydrogen-bond donors (Lipinski definition) is 2. The Morgan fingerprint density at radius 1 is 1.33 bits per heavy atom. The number of ether oxygens (including phenoxy) is 1. The standard InChI is InChI=1S/C11H14O4/c12-6-10(11(13)14)8-15-7-9-4-2-1-3-5-9/h1-5,10,12H,6-8H2,(H,13,14). The Morgan fingerprint density at radius 2 is 2.00 bits per heavy atom. The molecule has 1 rings (SSSR count). The van der Waals surface area contributed by atoms with E-state index in [1.54, 1.807) is 0 Å². The first kappa shape index (κ1) is 11.7. The van der Waals surface area contributed by atoms with Gasteiger partial charge in [0.2, 0.25) is 0 Å². The third kappa shape index (κ3) is 4.10. The van der Waals surface area contributed by atoms with Crippen LogP contribution in [-0.4, -0.2) is 29.4 Å². The highest BCUT2D eigenvalue weighted by Gasteiger charge is 2.15. The van der Waals surface area contributed by atoms with Crippen LogP contribution in [0.3, 0.4) is 0 Å². The molecule has 4 nitrogen and oxygen atoms in total. The van der Waals surface area contributed by atoms with Crippen molar-refractivity contribution in [1.82, 2.24) is 0 Å². The van der Waals surface area contributed by atoms with Crippen LogP contribution in [0.2, 0.25) is 0 Å². The van der Waals surface area contributed by atoms with Gasteiger partial charge in [0.25, 0.3) is 0 Å². The number of benzene rings is 1. The predicted molar refractivity (Wildman–Crippen MR) is 54.3 cm³/mol. The summed E-state index contributed by atoms with van der Waals surface area (Å²) in [7, 11) is 0. The normalized spacial score (nSPS) is 12.3. The Bertz CT molecular complexity index is 297. The van der Waals surface area contributed by atoms with Crippen molar-refractivity contribution in [1.29, 1.82) is 0 Å². The second-order valence-corrected chi connectivity index (χ2v) is 3.22. The molecule has 0 saturated heterocycles. The van der Waals surface area contributed by atoms with E-state index < -0.39 is 18.5 Å². The molecule has 0 aliphatic rings. The minimum atomic E-state index is -1.04. The van der Waals surface area contributed by atoms with E-state index in [0.717, 1.165) is 5.56 Å². The van der Waals surface area contributed by atoms with Crippen molar-refractivity contribution in [3.05, 3.63) is 35.9 Å². The van der Waals surface area contributed by atoms with Crippen LogP contribution in [0.15, 0.2) is 30.3 Å². The molecule has 82 valence electrons. The van der Waals surface area contributed by atoms with Gasteiger partial charge in [-0.05, 0) is 5.56 Å². The highest BCUT2D eigenvalue weighted by Crippen LogP contribution is 2.03. The van der Waals surface area contributed by atoms with Gasteiger partial charge >= 0.3 is 5.97 Å². The summed E-state index contributed by atoms with van der Waals surface area (Å²) in [4.78, 5) is 10.5. The van der Waals surface area contributed by atoms with Crippen LogP contribution in [0.4, 0.5) is 0 Å². The van der Waals surface area contributed by atoms with E-state index in [1.807, 2.05) is 30.3 Å². The topological polar surface area (TPSA) is 66.8 Å². The van der Waals surface area contributed by atoms with Crippen LogP contribution in [0.25, 0.3) is 0 Å². The first-order valence-electron chi connectivity index (χ1n) is 4.69. The van der Waals surface area contributed by atoms with Crippen molar-refractivity contribution in [2.45, 2.75) is 6.61 Å². The first-order chi connectivity index (χ1) is 7.24. The maximum Gasteiger partial charge on any atom is 0.311 e. The number of aliphatic hydroxyl groups excluding tert-OH is 1. The molecule has 4 heteroatoms. The van der Waals surface area contributed by atoms with E-state index >= 15 is 0 Å². The summed E-state index contributed by atoms with van der Waals surface area (Å²) in [6, 6.07) is 9.47. The largest absolute Gasteiger partial charge is 0.481 e. The molecule has 15 heavy (non-hydrogen) atoms. The van der Waals surface area contributed by atoms with Gasteiger partial charge in [-0.15, -0.1) is 0 Å². The van der Waals surface area contributed by atoms with Crippen LogP contribution in [-0.2, 0) is 16.1 Å². The SMILES string of the molecule is O=C(O)C(CO)COCc1ccccc1. The Kier molecular flexibility index (Phi) is 4.80. The van der Waals surface area contributed by atoms with E-state index in [2.05, 4.69) is 0 Å². The summed E-state index contributed by atoms with van der Waals surface area (Å²) >= 11 is 0. The zero-order chi connectivity index (χ0) is 11.1. The molecule has 0 aliphatic heterocycles. The van der Waals surface area contributed by atoms with Gasteiger partial charge in [0, 0.05) is 0 Å². The lowest BCUT2D eigenvalue weighted by atomic mass is 10.2. The van der Waals surface area contributed by atoms with Gasteiger partial charge in [0.1, 0.15) is 5.92 Å². The minimum absolute atomic E-state index is 0.0285. The van der Waals surface area contributed by atoms with E-state index in [0.29, 0.717) is 6.61 Å². The number of carboxylic acids is 1. The number of rotatable bonds is 6. The van der Waals surface area contributed by atoms with Crippen molar-refractivity contribution in [2.24, 2.45) is 5.92 Å². The lowest BCUT2D eigenvalue weighted by Crippen LogP contribution is -2.23. The number of carbonyl (C=O) groups is 1. The summed E-state index contributed by atoms with van der Waals surface area (Å²) in [6.07, 6.45) is 0. The molecule has 1 aromatic carbocycles. The maximum atomic E-state index is 10.5. The first-order valence-corrected chi connectivity index (χ1v) is 4.69. The molecule has 0 spiro atoms. The predicted octanol–water partition coefficient (Wildman–Crippen LogP) is 0.896. The van der Waals surface area contributed by atoms with Gasteiger partial charge in [-0.3, -0.25) is 4.79 Å². The average Bonchev–Trinajstić information content (AvgIpc) is 2.25. The quantitative estimate of drug-likeness (QED) is 0.732. The summed E-state index contributed by atoms with van der Waals surface area (Å²) in [5, 5.41) is 17.4. The third-order valence-electron chi connectivity index (χ3n) is 2.00. The van der Waals surface area contributed by atoms with Gasteiger partial charge in [0.05, 0.1) is 19.8 Å². The minimum Gasteiger partial charge on any atom is -0.481 e. The van der Waals surface area contributed by atoms with Gasteiger partial charge < -0.3 is 14.9 Å². The van der Waals surface area contributed by atoms with E-state index in [9.17, 15) is 4.79 Å². The Morgan fingerprint density at radius 3 is 2.53 bits per heavy atom. The van der Waals surface area contributed by atoms with Crippen LogP contribution >= 0.6 is 0 Å². The molecule has 1 aromatic rings. The third-order valence-corrected chi connectivity index (χ3v) is 2.00. The fourth-order valence-corrected chi connectivity index (χ4v) is 1.10. The monoisotopic (exact) mass is 210 g/mol. The van der Waals surface area contributed by atoms with E-state index in [4.69, 9.17) is 14.9 Å². The molecule has 0 radical (unpaired) electrons. The van der Waals surface area contributed by atoms with E-state index in [-0.39, 0.29) is 6.61 Å². The Hall–Kier alpha value is -1.39. The lowest BCUT2D eigenvalue weighted by Gasteiger charge is -2.09. The Balaban J connectivity index is 2.30. The van der Waals surface area contributed by atoms with Gasteiger partial charge in [-0.2, -0.15) is 0 Å². The average molecular weight is 210 g/mol. The van der Waals surface area contributed by atoms with Gasteiger partial charge in [0.15, 0.2) is 0 Å². The zero-order valence-corrected chi connectivity index (χ0v) is 8.30. The fourth-order valence-electron chi connectivity index (χ4n) is 1.10. The summed E-state index contributed by atoms with van der Waals surface area (Å²) in [6.45, 7) is -0.00449. The molecule has 0 aromatic heterocycles. The highest BCUT2D eigenvalue weighted by atomic mass is 16.5. The molecular formula is C11H14O4. The van der Waals surface area contributed by atoms with Crippen LogP contribution in [0.1, 0.15) is 5.56 Å². The zero-order valence-electron chi connectivity index (χ0n) is 8.30. The van der Waals surface area contributed by atoms with Crippen LogP contribution in [0, 0.1) is 5.92 Å². The van der Waals surface area contributed by atoms with Gasteiger partial charge in [-0.1, -0.05) is 30.3 Å². The molecule has 1 atom stereocenters. The molecule has 0 bridgehead atoms. The molecule has 0 amide bonds. The maximum absolute atomic E-state index is 10.5. The molecule has 0 saturated carbocycles. The lowest BCUT2D eigenvalue weighted by molar-refractivity contribution is -0.145. The van der Waals surface area contributed by atoms with Crippen molar-refractivity contribution in [3.8, 4) is 0 Å². The van der Waals surface area contributed by atoms with Crippen molar-refractivity contribution in [3.63, 3.8) is 0 Å². The highest BCUT2D eigenvalue weighted by molar-refractivity contribution is 5.70. The summed E-state index contributed by atoms with van der Waals surface area (Å²) in [5.74, 6) is -1.88. The molecule has 2 N–H and O–H groups in total. The summed E-state index contributed by atoms with van der Waals surface area (Å²) < 4.78 is 5.19. The van der Waals surface area contributed by atoms with Crippen molar-refractivity contribution >= 4 is 5.97 Å². The van der Waals surface area contributed by atoms with Crippen LogP contribution < -0.4 is 0 Å². The van der Waals surface area contributed by atoms with Crippen molar-refractivity contribution < 1.29 is 19.7 Å². The molecular weight excluding hydrogens is 196 g/mol.